The highest BCUT2D eigenvalue weighted by Gasteiger charge is 2.12. The van der Waals surface area contributed by atoms with Crippen LogP contribution in [0.3, 0.4) is 0 Å². The van der Waals surface area contributed by atoms with Crippen LogP contribution < -0.4 is 4.74 Å². The molecule has 0 bridgehead atoms. The van der Waals surface area contributed by atoms with Crippen LogP contribution in [0.5, 0.6) is 5.75 Å². The van der Waals surface area contributed by atoms with Crippen LogP contribution in [0.15, 0.2) is 40.8 Å². The number of furan rings is 1. The summed E-state index contributed by atoms with van der Waals surface area (Å²) in [4.78, 5) is 13.5. The van der Waals surface area contributed by atoms with E-state index in [2.05, 4.69) is 0 Å². The summed E-state index contributed by atoms with van der Waals surface area (Å²) in [6.45, 7) is 5.26. The minimum absolute atomic E-state index is 0.167. The molecule has 0 saturated carbocycles. The second-order valence-corrected chi connectivity index (χ2v) is 5.92. The quantitative estimate of drug-likeness (QED) is 0.703. The fraction of sp³-hybridized carbons (Fsp3) is 0.421. The molecule has 136 valence electrons. The number of hydrogen-bond donors (Lipinski definition) is 1. The second-order valence-electron chi connectivity index (χ2n) is 5.92. The molecule has 0 fully saturated rings. The fourth-order valence-electron chi connectivity index (χ4n) is 2.41. The molecule has 1 atom stereocenters. The lowest BCUT2D eigenvalue weighted by atomic mass is 10.2. The van der Waals surface area contributed by atoms with Crippen LogP contribution in [-0.4, -0.2) is 48.9 Å². The number of esters is 1. The van der Waals surface area contributed by atoms with E-state index in [9.17, 15) is 9.90 Å². The van der Waals surface area contributed by atoms with Gasteiger partial charge in [0.2, 0.25) is 0 Å². The van der Waals surface area contributed by atoms with Gasteiger partial charge in [-0.25, -0.2) is 4.79 Å². The first kappa shape index (κ1) is 19.0. The highest BCUT2D eigenvalue weighted by Crippen LogP contribution is 2.14. The molecule has 25 heavy (non-hydrogen) atoms. The summed E-state index contributed by atoms with van der Waals surface area (Å²) in [7, 11) is 1.91. The Labute approximate surface area is 148 Å². The summed E-state index contributed by atoms with van der Waals surface area (Å²) in [5.74, 6) is 1.97. The van der Waals surface area contributed by atoms with Gasteiger partial charge >= 0.3 is 5.97 Å². The topological polar surface area (TPSA) is 72.1 Å². The van der Waals surface area contributed by atoms with Crippen LogP contribution in [-0.2, 0) is 11.3 Å². The molecule has 0 amide bonds. The Kier molecular flexibility index (Phi) is 7.03. The number of benzene rings is 1. The van der Waals surface area contributed by atoms with Crippen molar-refractivity contribution < 1.29 is 23.8 Å². The smallest absolute Gasteiger partial charge is 0.338 e. The highest BCUT2D eigenvalue weighted by atomic mass is 16.5. The minimum atomic E-state index is -0.634. The van der Waals surface area contributed by atoms with Gasteiger partial charge in [-0.15, -0.1) is 0 Å². The predicted octanol–water partition coefficient (Wildman–Crippen LogP) is 2.64. The average molecular weight is 347 g/mol. The van der Waals surface area contributed by atoms with Gasteiger partial charge in [0, 0.05) is 6.54 Å². The van der Waals surface area contributed by atoms with Gasteiger partial charge in [0.05, 0.1) is 18.7 Å². The van der Waals surface area contributed by atoms with Crippen LogP contribution in [0.2, 0.25) is 0 Å². The molecule has 6 heteroatoms. The van der Waals surface area contributed by atoms with Crippen LogP contribution in [0, 0.1) is 6.92 Å². The van der Waals surface area contributed by atoms with E-state index in [1.165, 1.54) is 0 Å². The zero-order valence-electron chi connectivity index (χ0n) is 14.9. The summed E-state index contributed by atoms with van der Waals surface area (Å²) in [6.07, 6.45) is -0.634. The number of ether oxygens (including phenoxy) is 2. The average Bonchev–Trinajstić information content (AvgIpc) is 2.98. The van der Waals surface area contributed by atoms with Crippen molar-refractivity contribution in [3.05, 3.63) is 53.5 Å². The van der Waals surface area contributed by atoms with Crippen molar-refractivity contribution in [2.45, 2.75) is 26.5 Å². The molecule has 0 radical (unpaired) electrons. The van der Waals surface area contributed by atoms with E-state index >= 15 is 0 Å². The molecule has 1 unspecified atom stereocenters. The van der Waals surface area contributed by atoms with Crippen molar-refractivity contribution in [2.75, 3.05) is 26.8 Å². The van der Waals surface area contributed by atoms with Gasteiger partial charge in [-0.05, 0) is 57.3 Å². The number of likely N-dealkylation sites (N-methyl/N-ethyl adjacent to an activating group) is 1. The fourth-order valence-corrected chi connectivity index (χ4v) is 2.41. The molecule has 0 aliphatic rings. The maximum absolute atomic E-state index is 11.6. The van der Waals surface area contributed by atoms with Crippen molar-refractivity contribution in [3.63, 3.8) is 0 Å². The monoisotopic (exact) mass is 347 g/mol. The van der Waals surface area contributed by atoms with Crippen molar-refractivity contribution in [2.24, 2.45) is 0 Å². The molecule has 6 nitrogen and oxygen atoms in total. The molecule has 1 aromatic heterocycles. The number of rotatable bonds is 9. The van der Waals surface area contributed by atoms with E-state index in [0.29, 0.717) is 31.0 Å². The number of carbonyl (C=O) groups is 1. The minimum Gasteiger partial charge on any atom is -0.491 e. The third kappa shape index (κ3) is 6.25. The van der Waals surface area contributed by atoms with E-state index in [0.717, 1.165) is 11.5 Å². The zero-order valence-corrected chi connectivity index (χ0v) is 14.9. The number of hydrogen-bond acceptors (Lipinski definition) is 6. The van der Waals surface area contributed by atoms with Gasteiger partial charge in [-0.2, -0.15) is 0 Å². The van der Waals surface area contributed by atoms with E-state index in [1.54, 1.807) is 31.2 Å². The van der Waals surface area contributed by atoms with Crippen LogP contribution in [0.4, 0.5) is 0 Å². The first-order valence-corrected chi connectivity index (χ1v) is 8.30. The summed E-state index contributed by atoms with van der Waals surface area (Å²) in [6, 6.07) is 10.5. The standard InChI is InChI=1S/C19H25NO5/c1-4-23-19(22)15-6-9-17(10-7-15)24-13-16(21)11-20(3)12-18-8-5-14(2)25-18/h5-10,16,21H,4,11-13H2,1-3H3. The van der Waals surface area contributed by atoms with Crippen LogP contribution in [0.1, 0.15) is 28.8 Å². The van der Waals surface area contributed by atoms with E-state index < -0.39 is 6.10 Å². The van der Waals surface area contributed by atoms with Gasteiger partial charge in [0.25, 0.3) is 0 Å². The van der Waals surface area contributed by atoms with Gasteiger partial charge in [0.15, 0.2) is 0 Å². The Bertz CT molecular complexity index is 665. The lowest BCUT2D eigenvalue weighted by Gasteiger charge is -2.19. The van der Waals surface area contributed by atoms with E-state index in [4.69, 9.17) is 13.9 Å². The maximum Gasteiger partial charge on any atom is 0.338 e. The number of aliphatic hydroxyl groups excluding tert-OH is 1. The summed E-state index contributed by atoms with van der Waals surface area (Å²) in [5, 5.41) is 10.1. The molecule has 2 rings (SSSR count). The largest absolute Gasteiger partial charge is 0.491 e. The molecule has 1 heterocycles. The number of aryl methyl sites for hydroxylation is 1. The Morgan fingerprint density at radius 3 is 2.56 bits per heavy atom. The first-order valence-electron chi connectivity index (χ1n) is 8.30. The Hall–Kier alpha value is -2.31. The number of nitrogens with zero attached hydrogens (tertiary/aromatic N) is 1. The lowest BCUT2D eigenvalue weighted by Crippen LogP contribution is -2.32. The Balaban J connectivity index is 1.75. The predicted molar refractivity (Wildman–Crippen MR) is 93.7 cm³/mol. The zero-order chi connectivity index (χ0) is 18.2. The maximum atomic E-state index is 11.6. The second kappa shape index (κ2) is 9.25. The first-order chi connectivity index (χ1) is 12.0. The molecule has 0 saturated heterocycles. The molecule has 1 aromatic carbocycles. The SMILES string of the molecule is CCOC(=O)c1ccc(OCC(O)CN(C)Cc2ccc(C)o2)cc1. The number of carbonyl (C=O) groups excluding carboxylic acids is 1. The van der Waals surface area contributed by atoms with Crippen molar-refractivity contribution >= 4 is 5.97 Å². The van der Waals surface area contributed by atoms with E-state index in [1.807, 2.05) is 31.0 Å². The third-order valence-corrected chi connectivity index (χ3v) is 3.55. The van der Waals surface area contributed by atoms with Crippen LogP contribution >= 0.6 is 0 Å². The van der Waals surface area contributed by atoms with Crippen LogP contribution in [0.25, 0.3) is 0 Å². The van der Waals surface area contributed by atoms with Gasteiger partial charge in [-0.1, -0.05) is 0 Å². The summed E-state index contributed by atoms with van der Waals surface area (Å²) >= 11 is 0. The summed E-state index contributed by atoms with van der Waals surface area (Å²) < 4.78 is 16.0. The van der Waals surface area contributed by atoms with E-state index in [-0.39, 0.29) is 12.6 Å². The third-order valence-electron chi connectivity index (χ3n) is 3.55. The molecular formula is C19H25NO5. The highest BCUT2D eigenvalue weighted by molar-refractivity contribution is 5.89. The van der Waals surface area contributed by atoms with Crippen molar-refractivity contribution in [1.29, 1.82) is 0 Å². The molecule has 1 N–H and O–H groups in total. The molecule has 0 aliphatic heterocycles. The Morgan fingerprint density at radius 2 is 1.96 bits per heavy atom. The van der Waals surface area contributed by atoms with Crippen molar-refractivity contribution in [1.82, 2.24) is 4.90 Å². The van der Waals surface area contributed by atoms with Gasteiger partial charge in [0.1, 0.15) is 30.0 Å². The van der Waals surface area contributed by atoms with Crippen molar-refractivity contribution in [3.8, 4) is 5.75 Å². The summed E-state index contributed by atoms with van der Waals surface area (Å²) in [5.41, 5.74) is 0.475. The lowest BCUT2D eigenvalue weighted by molar-refractivity contribution is 0.0525. The normalized spacial score (nSPS) is 12.2. The van der Waals surface area contributed by atoms with Gasteiger partial charge in [-0.3, -0.25) is 4.90 Å². The molecule has 0 spiro atoms. The molecular weight excluding hydrogens is 322 g/mol. The Morgan fingerprint density at radius 1 is 1.24 bits per heavy atom. The van der Waals surface area contributed by atoms with Gasteiger partial charge < -0.3 is 19.0 Å². The molecule has 0 aliphatic carbocycles. The number of aliphatic hydroxyl groups is 1. The molecule has 2 aromatic rings.